The van der Waals surface area contributed by atoms with Gasteiger partial charge in [0.05, 0.1) is 12.0 Å². The van der Waals surface area contributed by atoms with Crippen LogP contribution in [0.4, 0.5) is 0 Å². The molecule has 1 heterocycles. The van der Waals surface area contributed by atoms with Gasteiger partial charge in [-0.15, -0.1) is 0 Å². The molecule has 0 amide bonds. The van der Waals surface area contributed by atoms with Gasteiger partial charge >= 0.3 is 0 Å². The molecular formula is C25H28O6. The van der Waals surface area contributed by atoms with E-state index in [-0.39, 0.29) is 52.2 Å². The van der Waals surface area contributed by atoms with Crippen molar-refractivity contribution < 1.29 is 30.0 Å². The fourth-order valence-corrected chi connectivity index (χ4v) is 3.84. The van der Waals surface area contributed by atoms with Crippen LogP contribution < -0.4 is 4.74 Å². The van der Waals surface area contributed by atoms with Gasteiger partial charge in [-0.05, 0) is 51.7 Å². The van der Waals surface area contributed by atoms with Gasteiger partial charge in [-0.25, -0.2) is 0 Å². The molecule has 6 heteroatoms. The van der Waals surface area contributed by atoms with E-state index in [2.05, 4.69) is 12.7 Å². The molecule has 0 saturated heterocycles. The van der Waals surface area contributed by atoms with Gasteiger partial charge in [0.15, 0.2) is 5.78 Å². The summed E-state index contributed by atoms with van der Waals surface area (Å²) in [6.07, 6.45) is 2.00. The van der Waals surface area contributed by atoms with Gasteiger partial charge in [-0.3, -0.25) is 4.79 Å². The summed E-state index contributed by atoms with van der Waals surface area (Å²) >= 11 is 0. The Labute approximate surface area is 181 Å². The molecule has 2 aromatic carbocycles. The van der Waals surface area contributed by atoms with Crippen molar-refractivity contribution >= 4 is 5.78 Å². The Hall–Kier alpha value is -3.41. The van der Waals surface area contributed by atoms with Crippen LogP contribution in [0.1, 0.15) is 61.2 Å². The van der Waals surface area contributed by atoms with Gasteiger partial charge in [-0.1, -0.05) is 29.9 Å². The van der Waals surface area contributed by atoms with Crippen LogP contribution >= 0.6 is 0 Å². The molecular weight excluding hydrogens is 396 g/mol. The number of phenols is 4. The Bertz CT molecular complexity index is 1040. The number of hydrogen-bond donors (Lipinski definition) is 4. The summed E-state index contributed by atoms with van der Waals surface area (Å²) in [5.41, 5.74) is 2.55. The minimum atomic E-state index is -0.956. The zero-order valence-corrected chi connectivity index (χ0v) is 18.0. The topological polar surface area (TPSA) is 107 Å². The molecule has 4 N–H and O–H groups in total. The van der Waals surface area contributed by atoms with E-state index in [0.29, 0.717) is 18.4 Å². The SMILES string of the molecule is C=C(C)C(CC=C(C)C)Cc1c(O)cc(O)c2c1OC(c1c(O)cccc1O)CC2=O. The summed E-state index contributed by atoms with van der Waals surface area (Å²) in [5.74, 6) is -1.29. The molecule has 0 fully saturated rings. The summed E-state index contributed by atoms with van der Waals surface area (Å²) in [7, 11) is 0. The van der Waals surface area contributed by atoms with Crippen molar-refractivity contribution in [3.63, 3.8) is 0 Å². The Morgan fingerprint density at radius 3 is 2.35 bits per heavy atom. The highest BCUT2D eigenvalue weighted by atomic mass is 16.5. The number of rotatable bonds is 6. The number of aromatic hydroxyl groups is 4. The minimum Gasteiger partial charge on any atom is -0.507 e. The first-order valence-electron chi connectivity index (χ1n) is 10.2. The van der Waals surface area contributed by atoms with Crippen LogP contribution in [0.5, 0.6) is 28.7 Å². The molecule has 2 unspecified atom stereocenters. The van der Waals surface area contributed by atoms with Gasteiger partial charge < -0.3 is 25.2 Å². The third-order valence-corrected chi connectivity index (χ3v) is 5.59. The average molecular weight is 424 g/mol. The van der Waals surface area contributed by atoms with Crippen molar-refractivity contribution in [3.05, 3.63) is 64.8 Å². The monoisotopic (exact) mass is 424 g/mol. The molecule has 1 aliphatic heterocycles. The van der Waals surface area contributed by atoms with Crippen LogP contribution in [-0.4, -0.2) is 26.2 Å². The highest BCUT2D eigenvalue weighted by Crippen LogP contribution is 2.48. The number of ketones is 1. The van der Waals surface area contributed by atoms with Crippen molar-refractivity contribution in [3.8, 4) is 28.7 Å². The molecule has 31 heavy (non-hydrogen) atoms. The molecule has 3 rings (SSSR count). The zero-order chi connectivity index (χ0) is 22.9. The first-order chi connectivity index (χ1) is 14.6. The van der Waals surface area contributed by atoms with Crippen LogP contribution in [0.2, 0.25) is 0 Å². The lowest BCUT2D eigenvalue weighted by atomic mass is 9.86. The van der Waals surface area contributed by atoms with E-state index in [0.717, 1.165) is 17.2 Å². The third kappa shape index (κ3) is 4.53. The van der Waals surface area contributed by atoms with Crippen LogP contribution in [0.15, 0.2) is 48.1 Å². The maximum atomic E-state index is 12.9. The van der Waals surface area contributed by atoms with Crippen LogP contribution in [0.25, 0.3) is 0 Å². The molecule has 0 aliphatic carbocycles. The second kappa shape index (κ2) is 8.76. The van der Waals surface area contributed by atoms with Crippen molar-refractivity contribution in [2.75, 3.05) is 0 Å². The van der Waals surface area contributed by atoms with E-state index in [1.165, 1.54) is 18.2 Å². The van der Waals surface area contributed by atoms with Gasteiger partial charge in [0, 0.05) is 11.6 Å². The average Bonchev–Trinajstić information content (AvgIpc) is 2.66. The highest BCUT2D eigenvalue weighted by Gasteiger charge is 2.36. The van der Waals surface area contributed by atoms with E-state index in [4.69, 9.17) is 4.74 Å². The molecule has 2 atom stereocenters. The third-order valence-electron chi connectivity index (χ3n) is 5.59. The summed E-state index contributed by atoms with van der Waals surface area (Å²) in [6.45, 7) is 9.96. The fraction of sp³-hybridized carbons (Fsp3) is 0.320. The number of phenolic OH excluding ortho intramolecular Hbond substituents is 4. The maximum Gasteiger partial charge on any atom is 0.174 e. The number of ether oxygens (including phenoxy) is 1. The largest absolute Gasteiger partial charge is 0.507 e. The Kier molecular flexibility index (Phi) is 6.29. The Morgan fingerprint density at radius 2 is 1.77 bits per heavy atom. The van der Waals surface area contributed by atoms with Gasteiger partial charge in [0.25, 0.3) is 0 Å². The van der Waals surface area contributed by atoms with E-state index >= 15 is 0 Å². The van der Waals surface area contributed by atoms with Crippen molar-refractivity contribution in [1.82, 2.24) is 0 Å². The lowest BCUT2D eigenvalue weighted by Gasteiger charge is -2.30. The summed E-state index contributed by atoms with van der Waals surface area (Å²) in [6, 6.07) is 5.44. The Morgan fingerprint density at radius 1 is 1.13 bits per heavy atom. The standard InChI is InChI=1S/C25H28O6/c1-13(2)8-9-15(14(3)4)10-16-19(28)11-20(29)24-21(30)12-22(31-25(16)24)23-17(26)6-5-7-18(23)27/h5-8,11,15,22,26-29H,3,9-10,12H2,1-2,4H3. The molecule has 0 bridgehead atoms. The molecule has 0 aromatic heterocycles. The minimum absolute atomic E-state index is 0.00152. The number of benzene rings is 2. The smallest absolute Gasteiger partial charge is 0.174 e. The lowest BCUT2D eigenvalue weighted by molar-refractivity contribution is 0.0836. The highest BCUT2D eigenvalue weighted by molar-refractivity contribution is 6.03. The van der Waals surface area contributed by atoms with Crippen LogP contribution in [0.3, 0.4) is 0 Å². The predicted molar refractivity (Wildman–Crippen MR) is 118 cm³/mol. The summed E-state index contributed by atoms with van der Waals surface area (Å²) in [4.78, 5) is 12.9. The molecule has 164 valence electrons. The number of hydrogen-bond acceptors (Lipinski definition) is 6. The van der Waals surface area contributed by atoms with Crippen LogP contribution in [0, 0.1) is 5.92 Å². The number of Topliss-reactive ketones (excluding diaryl/α,β-unsaturated/α-hetero) is 1. The predicted octanol–water partition coefficient (Wildman–Crippen LogP) is 5.31. The van der Waals surface area contributed by atoms with E-state index < -0.39 is 11.9 Å². The second-order valence-corrected chi connectivity index (χ2v) is 8.31. The van der Waals surface area contributed by atoms with E-state index in [1.807, 2.05) is 20.8 Å². The number of fused-ring (bicyclic) bond motifs is 1. The first kappa shape index (κ1) is 22.3. The first-order valence-corrected chi connectivity index (χ1v) is 10.2. The lowest BCUT2D eigenvalue weighted by Crippen LogP contribution is -2.22. The normalized spacial score (nSPS) is 16.2. The molecule has 2 aromatic rings. The maximum absolute atomic E-state index is 12.9. The number of allylic oxidation sites excluding steroid dienone is 3. The molecule has 0 saturated carbocycles. The zero-order valence-electron chi connectivity index (χ0n) is 18.0. The number of carbonyl (C=O) groups excluding carboxylic acids is 1. The molecule has 0 spiro atoms. The molecule has 0 radical (unpaired) electrons. The van der Waals surface area contributed by atoms with E-state index in [9.17, 15) is 25.2 Å². The van der Waals surface area contributed by atoms with Crippen molar-refractivity contribution in [2.45, 2.75) is 46.1 Å². The number of carbonyl (C=O) groups is 1. The second-order valence-electron chi connectivity index (χ2n) is 8.31. The van der Waals surface area contributed by atoms with Gasteiger partial charge in [0.1, 0.15) is 40.4 Å². The Balaban J connectivity index is 2.08. The summed E-state index contributed by atoms with van der Waals surface area (Å²) < 4.78 is 6.04. The van der Waals surface area contributed by atoms with Crippen LogP contribution in [-0.2, 0) is 6.42 Å². The fourth-order valence-electron chi connectivity index (χ4n) is 3.84. The van der Waals surface area contributed by atoms with Gasteiger partial charge in [0.2, 0.25) is 0 Å². The van der Waals surface area contributed by atoms with Crippen molar-refractivity contribution in [2.24, 2.45) is 5.92 Å². The van der Waals surface area contributed by atoms with Crippen molar-refractivity contribution in [1.29, 1.82) is 0 Å². The summed E-state index contributed by atoms with van der Waals surface area (Å²) in [5, 5.41) is 41.4. The van der Waals surface area contributed by atoms with E-state index in [1.54, 1.807) is 0 Å². The molecule has 1 aliphatic rings. The quantitative estimate of drug-likeness (QED) is 0.468. The van der Waals surface area contributed by atoms with Gasteiger partial charge in [-0.2, -0.15) is 0 Å². The molecule has 6 nitrogen and oxygen atoms in total.